The van der Waals surface area contributed by atoms with E-state index in [4.69, 9.17) is 8.83 Å². The highest BCUT2D eigenvalue weighted by Gasteiger charge is 2.25. The first-order valence-electron chi connectivity index (χ1n) is 11.1. The van der Waals surface area contributed by atoms with Crippen molar-refractivity contribution in [2.75, 3.05) is 37.6 Å². The molecule has 0 saturated carbocycles. The summed E-state index contributed by atoms with van der Waals surface area (Å²) < 4.78 is 10.7. The number of benzene rings is 1. The van der Waals surface area contributed by atoms with Crippen LogP contribution < -0.4 is 4.90 Å². The Hall–Kier alpha value is -4.08. The van der Waals surface area contributed by atoms with Gasteiger partial charge in [-0.1, -0.05) is 0 Å². The lowest BCUT2D eigenvalue weighted by atomic mass is 10.2. The standard InChI is InChI=1S/C24H26N4O6/c1-18-22(9-16-33-18)24(30)27(17-21-3-2-15-34-21)10-8-23(29)26-13-11-25(12-14-26)19-4-6-20(7-5-19)28(31)32/h2-7,9,15-16H,8,10-14,17H2,1H3. The van der Waals surface area contributed by atoms with Gasteiger partial charge in [0.25, 0.3) is 11.6 Å². The number of carbonyl (C=O) groups excluding carboxylic acids is 2. The van der Waals surface area contributed by atoms with E-state index in [-0.39, 0.29) is 37.0 Å². The zero-order valence-electron chi connectivity index (χ0n) is 18.9. The van der Waals surface area contributed by atoms with Crippen LogP contribution in [0.1, 0.15) is 28.3 Å². The van der Waals surface area contributed by atoms with Crippen LogP contribution in [0.25, 0.3) is 0 Å². The molecule has 3 aromatic rings. The third kappa shape index (κ3) is 5.28. The number of carbonyl (C=O) groups is 2. The van der Waals surface area contributed by atoms with Gasteiger partial charge in [-0.2, -0.15) is 0 Å². The first-order valence-corrected chi connectivity index (χ1v) is 11.1. The molecule has 0 unspecified atom stereocenters. The van der Waals surface area contributed by atoms with E-state index in [1.165, 1.54) is 18.4 Å². The van der Waals surface area contributed by atoms with Crippen LogP contribution in [0.2, 0.25) is 0 Å². The number of hydrogen-bond acceptors (Lipinski definition) is 7. The molecule has 2 aromatic heterocycles. The Morgan fingerprint density at radius 1 is 1.03 bits per heavy atom. The Kier molecular flexibility index (Phi) is 6.95. The van der Waals surface area contributed by atoms with Gasteiger partial charge in [0.15, 0.2) is 0 Å². The largest absolute Gasteiger partial charge is 0.469 e. The SMILES string of the molecule is Cc1occc1C(=O)N(CCC(=O)N1CCN(c2ccc([N+](=O)[O-])cc2)CC1)Cc1ccco1. The highest BCUT2D eigenvalue weighted by molar-refractivity contribution is 5.95. The zero-order valence-corrected chi connectivity index (χ0v) is 18.9. The smallest absolute Gasteiger partial charge is 0.269 e. The number of anilines is 1. The molecule has 10 heteroatoms. The molecule has 2 amide bonds. The zero-order chi connectivity index (χ0) is 24.1. The predicted octanol–water partition coefficient (Wildman–Crippen LogP) is 3.47. The molecule has 3 heterocycles. The van der Waals surface area contributed by atoms with E-state index in [2.05, 4.69) is 4.90 Å². The maximum Gasteiger partial charge on any atom is 0.269 e. The fraction of sp³-hybridized carbons (Fsp3) is 0.333. The number of nitro benzene ring substituents is 1. The number of rotatable bonds is 8. The summed E-state index contributed by atoms with van der Waals surface area (Å²) in [6, 6.07) is 11.6. The highest BCUT2D eigenvalue weighted by Crippen LogP contribution is 2.21. The molecule has 0 spiro atoms. The molecule has 1 fully saturated rings. The minimum Gasteiger partial charge on any atom is -0.469 e. The van der Waals surface area contributed by atoms with Gasteiger partial charge in [0.05, 0.1) is 29.6 Å². The molecule has 0 atom stereocenters. The van der Waals surface area contributed by atoms with Crippen LogP contribution in [0, 0.1) is 17.0 Å². The summed E-state index contributed by atoms with van der Waals surface area (Å²) >= 11 is 0. The van der Waals surface area contributed by atoms with E-state index < -0.39 is 4.92 Å². The molecule has 0 bridgehead atoms. The average Bonchev–Trinajstić information content (AvgIpc) is 3.53. The van der Waals surface area contributed by atoms with Crippen molar-refractivity contribution in [3.05, 3.63) is 82.2 Å². The molecule has 1 aromatic carbocycles. The summed E-state index contributed by atoms with van der Waals surface area (Å²) in [7, 11) is 0. The van der Waals surface area contributed by atoms with Crippen LogP contribution in [-0.4, -0.2) is 59.3 Å². The molecule has 10 nitrogen and oxygen atoms in total. The molecule has 178 valence electrons. The Balaban J connectivity index is 1.33. The lowest BCUT2D eigenvalue weighted by Gasteiger charge is -2.36. The Morgan fingerprint density at radius 3 is 2.35 bits per heavy atom. The Bertz CT molecular complexity index is 1130. The fourth-order valence-corrected chi connectivity index (χ4v) is 4.01. The second-order valence-electron chi connectivity index (χ2n) is 8.09. The predicted molar refractivity (Wildman–Crippen MR) is 123 cm³/mol. The molecule has 1 aliphatic heterocycles. The van der Waals surface area contributed by atoms with Crippen molar-refractivity contribution < 1.29 is 23.3 Å². The summed E-state index contributed by atoms with van der Waals surface area (Å²) in [5, 5.41) is 10.8. The molecule has 0 N–H and O–H groups in total. The van der Waals surface area contributed by atoms with Crippen LogP contribution in [0.4, 0.5) is 11.4 Å². The first kappa shape index (κ1) is 23.1. The fourth-order valence-electron chi connectivity index (χ4n) is 4.01. The van der Waals surface area contributed by atoms with Gasteiger partial charge in [-0.05, 0) is 37.3 Å². The second kappa shape index (κ2) is 10.2. The van der Waals surface area contributed by atoms with E-state index in [0.29, 0.717) is 43.3 Å². The maximum absolute atomic E-state index is 13.1. The number of aryl methyl sites for hydroxylation is 1. The van der Waals surface area contributed by atoms with Crippen molar-refractivity contribution >= 4 is 23.2 Å². The van der Waals surface area contributed by atoms with E-state index in [0.717, 1.165) is 5.69 Å². The van der Waals surface area contributed by atoms with E-state index in [1.54, 1.807) is 53.3 Å². The molecular weight excluding hydrogens is 440 g/mol. The van der Waals surface area contributed by atoms with Gasteiger partial charge in [-0.25, -0.2) is 0 Å². The summed E-state index contributed by atoms with van der Waals surface area (Å²) in [5.41, 5.74) is 1.41. The number of furan rings is 2. The lowest BCUT2D eigenvalue weighted by Crippen LogP contribution is -2.49. The van der Waals surface area contributed by atoms with Gasteiger partial charge in [-0.3, -0.25) is 19.7 Å². The van der Waals surface area contributed by atoms with E-state index in [9.17, 15) is 19.7 Å². The van der Waals surface area contributed by atoms with Gasteiger partial charge in [0, 0.05) is 57.0 Å². The number of non-ortho nitro benzene ring substituents is 1. The Morgan fingerprint density at radius 2 is 1.76 bits per heavy atom. The number of amides is 2. The van der Waals surface area contributed by atoms with Gasteiger partial charge >= 0.3 is 0 Å². The van der Waals surface area contributed by atoms with Crippen molar-refractivity contribution in [1.82, 2.24) is 9.80 Å². The number of nitro groups is 1. The van der Waals surface area contributed by atoms with Crippen molar-refractivity contribution in [3.63, 3.8) is 0 Å². The van der Waals surface area contributed by atoms with Crippen LogP contribution in [0.5, 0.6) is 0 Å². The maximum atomic E-state index is 13.1. The van der Waals surface area contributed by atoms with Crippen molar-refractivity contribution in [1.29, 1.82) is 0 Å². The van der Waals surface area contributed by atoms with Crippen LogP contribution in [-0.2, 0) is 11.3 Å². The summed E-state index contributed by atoms with van der Waals surface area (Å²) in [5.74, 6) is 0.935. The molecule has 0 radical (unpaired) electrons. The van der Waals surface area contributed by atoms with E-state index in [1.807, 2.05) is 0 Å². The van der Waals surface area contributed by atoms with Crippen molar-refractivity contribution in [2.24, 2.45) is 0 Å². The number of hydrogen-bond donors (Lipinski definition) is 0. The lowest BCUT2D eigenvalue weighted by molar-refractivity contribution is -0.384. The highest BCUT2D eigenvalue weighted by atomic mass is 16.6. The minimum absolute atomic E-state index is 0.0236. The molecule has 1 aliphatic rings. The van der Waals surface area contributed by atoms with Crippen LogP contribution in [0.15, 0.2) is 63.8 Å². The first-order chi connectivity index (χ1) is 16.4. The van der Waals surface area contributed by atoms with Gasteiger partial charge in [-0.15, -0.1) is 0 Å². The molecule has 0 aliphatic carbocycles. The quantitative estimate of drug-likeness (QED) is 0.369. The monoisotopic (exact) mass is 466 g/mol. The third-order valence-corrected chi connectivity index (χ3v) is 5.96. The molecule has 1 saturated heterocycles. The number of nitrogens with zero attached hydrogens (tertiary/aromatic N) is 4. The van der Waals surface area contributed by atoms with E-state index >= 15 is 0 Å². The second-order valence-corrected chi connectivity index (χ2v) is 8.09. The third-order valence-electron chi connectivity index (χ3n) is 5.96. The molecule has 34 heavy (non-hydrogen) atoms. The molecular formula is C24H26N4O6. The minimum atomic E-state index is -0.422. The van der Waals surface area contributed by atoms with Gasteiger partial charge < -0.3 is 23.5 Å². The topological polar surface area (TPSA) is 113 Å². The van der Waals surface area contributed by atoms with Gasteiger partial charge in [0.1, 0.15) is 11.5 Å². The van der Waals surface area contributed by atoms with Crippen LogP contribution in [0.3, 0.4) is 0 Å². The number of piperazine rings is 1. The summed E-state index contributed by atoms with van der Waals surface area (Å²) in [4.78, 5) is 41.9. The normalized spacial score (nSPS) is 13.7. The Labute approximate surface area is 196 Å². The summed E-state index contributed by atoms with van der Waals surface area (Å²) in [6.07, 6.45) is 3.22. The summed E-state index contributed by atoms with van der Waals surface area (Å²) in [6.45, 7) is 4.60. The van der Waals surface area contributed by atoms with Gasteiger partial charge in [0.2, 0.25) is 5.91 Å². The van der Waals surface area contributed by atoms with Crippen molar-refractivity contribution in [3.8, 4) is 0 Å². The molecule has 4 rings (SSSR count). The average molecular weight is 466 g/mol. The van der Waals surface area contributed by atoms with Crippen molar-refractivity contribution in [2.45, 2.75) is 19.9 Å². The van der Waals surface area contributed by atoms with Crippen LogP contribution >= 0.6 is 0 Å².